The van der Waals surface area contributed by atoms with E-state index < -0.39 is 0 Å². The Labute approximate surface area is 131 Å². The molecule has 3 rings (SSSR count). The number of benzene rings is 1. The molecular weight excluding hydrogens is 274 g/mol. The monoisotopic (exact) mass is 295 g/mol. The van der Waals surface area contributed by atoms with Gasteiger partial charge in [-0.3, -0.25) is 9.78 Å². The molecular formula is C18H21N3O. The number of rotatable bonds is 5. The Kier molecular flexibility index (Phi) is 4.68. The van der Waals surface area contributed by atoms with E-state index in [1.807, 2.05) is 12.1 Å². The van der Waals surface area contributed by atoms with E-state index in [9.17, 15) is 4.79 Å². The van der Waals surface area contributed by atoms with Crippen molar-refractivity contribution in [2.75, 3.05) is 18.0 Å². The molecule has 1 aromatic heterocycles. The SMILES string of the molecule is O=C(CCN1CCCc2ccccc21)NCc1cccnc1. The quantitative estimate of drug-likeness (QED) is 0.922. The molecule has 114 valence electrons. The van der Waals surface area contributed by atoms with Crippen LogP contribution in [-0.2, 0) is 17.8 Å². The summed E-state index contributed by atoms with van der Waals surface area (Å²) in [5, 5.41) is 2.96. The van der Waals surface area contributed by atoms with Crippen LogP contribution in [0.25, 0.3) is 0 Å². The number of hydrogen-bond donors (Lipinski definition) is 1. The van der Waals surface area contributed by atoms with Crippen molar-refractivity contribution in [3.05, 3.63) is 59.9 Å². The van der Waals surface area contributed by atoms with E-state index in [-0.39, 0.29) is 5.91 Å². The normalized spacial score (nSPS) is 13.5. The van der Waals surface area contributed by atoms with Crippen LogP contribution in [0.4, 0.5) is 5.69 Å². The summed E-state index contributed by atoms with van der Waals surface area (Å²) in [7, 11) is 0. The Morgan fingerprint density at radius 1 is 1.23 bits per heavy atom. The maximum atomic E-state index is 12.0. The van der Waals surface area contributed by atoms with Crippen molar-refractivity contribution in [2.45, 2.75) is 25.8 Å². The zero-order valence-corrected chi connectivity index (χ0v) is 12.7. The van der Waals surface area contributed by atoms with Gasteiger partial charge in [-0.1, -0.05) is 24.3 Å². The highest BCUT2D eigenvalue weighted by molar-refractivity contribution is 5.76. The Morgan fingerprint density at radius 2 is 2.14 bits per heavy atom. The van der Waals surface area contributed by atoms with Crippen molar-refractivity contribution >= 4 is 11.6 Å². The number of aryl methyl sites for hydroxylation is 1. The van der Waals surface area contributed by atoms with Crippen LogP contribution in [0.3, 0.4) is 0 Å². The molecule has 0 unspecified atom stereocenters. The molecule has 0 bridgehead atoms. The van der Waals surface area contributed by atoms with Gasteiger partial charge in [-0.2, -0.15) is 0 Å². The Bertz CT molecular complexity index is 627. The second-order valence-electron chi connectivity index (χ2n) is 5.61. The van der Waals surface area contributed by atoms with Crippen molar-refractivity contribution < 1.29 is 4.79 Å². The smallest absolute Gasteiger partial charge is 0.222 e. The predicted molar refractivity (Wildman–Crippen MR) is 87.7 cm³/mol. The van der Waals surface area contributed by atoms with Crippen molar-refractivity contribution in [3.63, 3.8) is 0 Å². The fraction of sp³-hybridized carbons (Fsp3) is 0.333. The zero-order chi connectivity index (χ0) is 15.2. The number of nitrogens with one attached hydrogen (secondary N) is 1. The molecule has 0 radical (unpaired) electrons. The van der Waals surface area contributed by atoms with Crippen molar-refractivity contribution in [2.24, 2.45) is 0 Å². The summed E-state index contributed by atoms with van der Waals surface area (Å²) in [5.74, 6) is 0.0897. The largest absolute Gasteiger partial charge is 0.371 e. The van der Waals surface area contributed by atoms with Gasteiger partial charge in [0.05, 0.1) is 0 Å². The van der Waals surface area contributed by atoms with Gasteiger partial charge in [0.25, 0.3) is 0 Å². The van der Waals surface area contributed by atoms with E-state index in [0.29, 0.717) is 13.0 Å². The summed E-state index contributed by atoms with van der Waals surface area (Å²) in [6.07, 6.45) is 6.34. The molecule has 4 heteroatoms. The van der Waals surface area contributed by atoms with Crippen LogP contribution in [0.5, 0.6) is 0 Å². The van der Waals surface area contributed by atoms with Crippen molar-refractivity contribution in [3.8, 4) is 0 Å². The summed E-state index contributed by atoms with van der Waals surface area (Å²) in [6.45, 7) is 2.35. The topological polar surface area (TPSA) is 45.2 Å². The molecule has 1 N–H and O–H groups in total. The fourth-order valence-corrected chi connectivity index (χ4v) is 2.87. The number of nitrogens with zero attached hydrogens (tertiary/aromatic N) is 2. The second-order valence-corrected chi connectivity index (χ2v) is 5.61. The summed E-state index contributed by atoms with van der Waals surface area (Å²) in [4.78, 5) is 18.4. The van der Waals surface area contributed by atoms with Gasteiger partial charge in [0.1, 0.15) is 0 Å². The minimum atomic E-state index is 0.0897. The number of aromatic nitrogens is 1. The first-order valence-electron chi connectivity index (χ1n) is 7.81. The first kappa shape index (κ1) is 14.6. The average Bonchev–Trinajstić information content (AvgIpc) is 2.59. The van der Waals surface area contributed by atoms with Crippen LogP contribution < -0.4 is 10.2 Å². The van der Waals surface area contributed by atoms with E-state index in [4.69, 9.17) is 0 Å². The molecule has 0 atom stereocenters. The number of pyridine rings is 1. The number of anilines is 1. The van der Waals surface area contributed by atoms with Crippen LogP contribution in [0.2, 0.25) is 0 Å². The molecule has 0 saturated heterocycles. The molecule has 1 amide bonds. The van der Waals surface area contributed by atoms with Gasteiger partial charge in [-0.15, -0.1) is 0 Å². The van der Waals surface area contributed by atoms with Crippen LogP contribution in [-0.4, -0.2) is 24.0 Å². The molecule has 1 aliphatic rings. The highest BCUT2D eigenvalue weighted by Crippen LogP contribution is 2.26. The number of carbonyl (C=O) groups is 1. The number of fused-ring (bicyclic) bond motifs is 1. The third-order valence-electron chi connectivity index (χ3n) is 4.03. The lowest BCUT2D eigenvalue weighted by atomic mass is 10.0. The Balaban J connectivity index is 1.50. The van der Waals surface area contributed by atoms with Crippen molar-refractivity contribution in [1.29, 1.82) is 0 Å². The van der Waals surface area contributed by atoms with Crippen LogP contribution >= 0.6 is 0 Å². The minimum absolute atomic E-state index is 0.0897. The zero-order valence-electron chi connectivity index (χ0n) is 12.7. The molecule has 2 aromatic rings. The third kappa shape index (κ3) is 3.64. The van der Waals surface area contributed by atoms with Gasteiger partial charge in [0, 0.05) is 44.1 Å². The van der Waals surface area contributed by atoms with E-state index in [1.54, 1.807) is 12.4 Å². The van der Waals surface area contributed by atoms with Gasteiger partial charge >= 0.3 is 0 Å². The van der Waals surface area contributed by atoms with E-state index in [0.717, 1.165) is 31.5 Å². The van der Waals surface area contributed by atoms with Gasteiger partial charge < -0.3 is 10.2 Å². The van der Waals surface area contributed by atoms with Crippen LogP contribution in [0.15, 0.2) is 48.8 Å². The standard InChI is InChI=1S/C18H21N3O/c22-18(20-14-15-5-3-10-19-13-15)9-12-21-11-4-7-16-6-1-2-8-17(16)21/h1-3,5-6,8,10,13H,4,7,9,11-12,14H2,(H,20,22). The molecule has 0 fully saturated rings. The number of hydrogen-bond acceptors (Lipinski definition) is 3. The van der Waals surface area contributed by atoms with Crippen LogP contribution in [0, 0.1) is 0 Å². The summed E-state index contributed by atoms with van der Waals surface area (Å²) >= 11 is 0. The Hall–Kier alpha value is -2.36. The molecule has 2 heterocycles. The number of carbonyl (C=O) groups excluding carboxylic acids is 1. The number of para-hydroxylation sites is 1. The van der Waals surface area contributed by atoms with E-state index in [1.165, 1.54) is 11.3 Å². The van der Waals surface area contributed by atoms with Crippen LogP contribution in [0.1, 0.15) is 24.0 Å². The van der Waals surface area contributed by atoms with Gasteiger partial charge in [0.15, 0.2) is 0 Å². The lowest BCUT2D eigenvalue weighted by Gasteiger charge is -2.31. The number of amides is 1. The first-order chi connectivity index (χ1) is 10.8. The molecule has 0 aliphatic carbocycles. The minimum Gasteiger partial charge on any atom is -0.371 e. The molecule has 1 aromatic carbocycles. The fourth-order valence-electron chi connectivity index (χ4n) is 2.87. The van der Waals surface area contributed by atoms with Gasteiger partial charge in [-0.05, 0) is 36.1 Å². The summed E-state index contributed by atoms with van der Waals surface area (Å²) in [6, 6.07) is 12.3. The highest BCUT2D eigenvalue weighted by atomic mass is 16.1. The molecule has 4 nitrogen and oxygen atoms in total. The van der Waals surface area contributed by atoms with E-state index in [2.05, 4.69) is 39.5 Å². The van der Waals surface area contributed by atoms with E-state index >= 15 is 0 Å². The maximum absolute atomic E-state index is 12.0. The first-order valence-corrected chi connectivity index (χ1v) is 7.81. The third-order valence-corrected chi connectivity index (χ3v) is 4.03. The maximum Gasteiger partial charge on any atom is 0.222 e. The molecule has 1 aliphatic heterocycles. The summed E-state index contributed by atoms with van der Waals surface area (Å²) < 4.78 is 0. The average molecular weight is 295 g/mol. The Morgan fingerprint density at radius 3 is 3.00 bits per heavy atom. The molecule has 0 saturated carbocycles. The van der Waals surface area contributed by atoms with Gasteiger partial charge in [-0.25, -0.2) is 0 Å². The second kappa shape index (κ2) is 7.07. The molecule has 22 heavy (non-hydrogen) atoms. The summed E-state index contributed by atoms with van der Waals surface area (Å²) in [5.41, 5.74) is 3.71. The van der Waals surface area contributed by atoms with Gasteiger partial charge in [0.2, 0.25) is 5.91 Å². The lowest BCUT2D eigenvalue weighted by molar-refractivity contribution is -0.121. The highest BCUT2D eigenvalue weighted by Gasteiger charge is 2.16. The lowest BCUT2D eigenvalue weighted by Crippen LogP contribution is -2.34. The predicted octanol–water partition coefficient (Wildman–Crippen LogP) is 2.54. The molecule has 0 spiro atoms. The van der Waals surface area contributed by atoms with Crippen molar-refractivity contribution in [1.82, 2.24) is 10.3 Å².